The van der Waals surface area contributed by atoms with Gasteiger partial charge in [0.2, 0.25) is 0 Å². The van der Waals surface area contributed by atoms with E-state index in [0.717, 1.165) is 12.0 Å². The van der Waals surface area contributed by atoms with Gasteiger partial charge in [0.1, 0.15) is 0 Å². The minimum absolute atomic E-state index is 0. The molecule has 2 heterocycles. The van der Waals surface area contributed by atoms with Gasteiger partial charge >= 0.3 is 5.97 Å². The highest BCUT2D eigenvalue weighted by atomic mass is 35.5. The average molecular weight is 368 g/mol. The normalized spacial score (nSPS) is 33.3. The van der Waals surface area contributed by atoms with Gasteiger partial charge in [0.05, 0.1) is 23.1 Å². The molecule has 2 bridgehead atoms. The number of carbonyl (C=O) groups excluding carboxylic acids is 1. The summed E-state index contributed by atoms with van der Waals surface area (Å²) in [5, 5.41) is 0.890. The highest BCUT2D eigenvalue weighted by Crippen LogP contribution is 2.47. The lowest BCUT2D eigenvalue weighted by atomic mass is 9.76. The highest BCUT2D eigenvalue weighted by molar-refractivity contribution is 6.42. The third-order valence-electron chi connectivity index (χ3n) is 4.77. The number of methoxy groups -OCH3 is 1. The van der Waals surface area contributed by atoms with Crippen LogP contribution in [0.2, 0.25) is 10.0 Å². The molecule has 2 aliphatic rings. The van der Waals surface area contributed by atoms with Gasteiger partial charge in [-0.05, 0) is 43.9 Å². The first-order valence-corrected chi connectivity index (χ1v) is 7.81. The second-order valence-electron chi connectivity index (χ2n) is 5.77. The van der Waals surface area contributed by atoms with E-state index < -0.39 is 12.9 Å². The molecule has 0 unspecified atom stereocenters. The van der Waals surface area contributed by atoms with E-state index in [1.165, 1.54) is 12.0 Å². The molecule has 3 nitrogen and oxygen atoms in total. The maximum atomic E-state index is 12.5. The van der Waals surface area contributed by atoms with E-state index in [1.807, 2.05) is 6.07 Å². The van der Waals surface area contributed by atoms with Crippen LogP contribution in [0, 0.1) is 5.92 Å². The summed E-state index contributed by atoms with van der Waals surface area (Å²) >= 11 is 12.1. The third kappa shape index (κ3) is 2.96. The van der Waals surface area contributed by atoms with E-state index in [0.29, 0.717) is 22.9 Å². The second kappa shape index (κ2) is 6.96. The Bertz CT molecular complexity index is 656. The van der Waals surface area contributed by atoms with Gasteiger partial charge < -0.3 is 4.74 Å². The molecule has 3 rings (SSSR count). The molecule has 6 heteroatoms. The number of hydrogen-bond donors (Lipinski definition) is 0. The number of ether oxygens (including phenoxy) is 1. The molecule has 2 aliphatic heterocycles. The molecular formula is C16H20Cl3NO2. The van der Waals surface area contributed by atoms with Crippen LogP contribution < -0.4 is 0 Å². The molecule has 0 saturated carbocycles. The Labute approximate surface area is 151 Å². The minimum Gasteiger partial charge on any atom is -0.469 e. The first-order chi connectivity index (χ1) is 11.2. The molecule has 22 heavy (non-hydrogen) atoms. The number of rotatable bonds is 2. The van der Waals surface area contributed by atoms with Crippen LogP contribution >= 0.6 is 35.6 Å². The molecule has 4 atom stereocenters. The zero-order chi connectivity index (χ0) is 17.6. The van der Waals surface area contributed by atoms with Gasteiger partial charge in [-0.25, -0.2) is 0 Å². The fourth-order valence-electron chi connectivity index (χ4n) is 3.75. The molecule has 0 aliphatic carbocycles. The molecule has 0 radical (unpaired) electrons. The number of esters is 1. The van der Waals surface area contributed by atoms with Crippen LogP contribution in [0.3, 0.4) is 0 Å². The summed E-state index contributed by atoms with van der Waals surface area (Å²) in [5.41, 5.74) is 0.905. The standard InChI is InChI=1S/C16H19Cl2NO2.ClH/c1-19-10-4-6-14(19)15(16(20)21-2)11(8-10)9-3-5-12(17)13(18)7-9;/h3,5,7,10-11,14-15H,4,6,8H2,1-2H3;1H/t10-,11+,14+,15-;/m0./s1/i1D3;. The molecule has 2 saturated heterocycles. The minimum atomic E-state index is -2.21. The Morgan fingerprint density at radius 1 is 1.36 bits per heavy atom. The van der Waals surface area contributed by atoms with Crippen molar-refractivity contribution in [1.29, 1.82) is 0 Å². The van der Waals surface area contributed by atoms with E-state index in [4.69, 9.17) is 32.1 Å². The van der Waals surface area contributed by atoms with Crippen LogP contribution in [-0.4, -0.2) is 37.0 Å². The fourth-order valence-corrected chi connectivity index (χ4v) is 4.05. The number of nitrogens with zero attached hydrogens (tertiary/aromatic N) is 1. The summed E-state index contributed by atoms with van der Waals surface area (Å²) in [6.45, 7) is -2.21. The van der Waals surface area contributed by atoms with Gasteiger partial charge in [-0.1, -0.05) is 29.3 Å². The van der Waals surface area contributed by atoms with Crippen LogP contribution in [-0.2, 0) is 9.53 Å². The Hall–Kier alpha value is -0.480. The highest BCUT2D eigenvalue weighted by Gasteiger charge is 2.49. The summed E-state index contributed by atoms with van der Waals surface area (Å²) in [4.78, 5) is 14.0. The van der Waals surface area contributed by atoms with Gasteiger partial charge in [0.25, 0.3) is 0 Å². The lowest BCUT2D eigenvalue weighted by molar-refractivity contribution is -0.150. The lowest BCUT2D eigenvalue weighted by Crippen LogP contribution is -2.49. The van der Waals surface area contributed by atoms with Gasteiger partial charge in [-0.3, -0.25) is 9.69 Å². The Morgan fingerprint density at radius 3 is 2.77 bits per heavy atom. The fraction of sp³-hybridized carbons (Fsp3) is 0.562. The summed E-state index contributed by atoms with van der Waals surface area (Å²) in [5.74, 6) is -1.01. The second-order valence-corrected chi connectivity index (χ2v) is 6.58. The Balaban J connectivity index is 0.00000225. The first kappa shape index (κ1) is 13.9. The smallest absolute Gasteiger partial charge is 0.310 e. The summed E-state index contributed by atoms with van der Waals surface area (Å²) < 4.78 is 28.4. The quantitative estimate of drug-likeness (QED) is 0.735. The maximum Gasteiger partial charge on any atom is 0.310 e. The molecule has 122 valence electrons. The molecule has 0 spiro atoms. The number of piperidine rings is 1. The van der Waals surface area contributed by atoms with Crippen molar-refractivity contribution in [2.24, 2.45) is 5.92 Å². The average Bonchev–Trinajstić information content (AvgIpc) is 2.84. The third-order valence-corrected chi connectivity index (χ3v) is 5.50. The van der Waals surface area contributed by atoms with E-state index in [1.54, 1.807) is 12.1 Å². The van der Waals surface area contributed by atoms with Gasteiger partial charge in [0.15, 0.2) is 0 Å². The monoisotopic (exact) mass is 366 g/mol. The zero-order valence-corrected chi connectivity index (χ0v) is 14.4. The van der Waals surface area contributed by atoms with Crippen molar-refractivity contribution in [1.82, 2.24) is 4.90 Å². The van der Waals surface area contributed by atoms with Crippen molar-refractivity contribution in [2.45, 2.75) is 37.3 Å². The van der Waals surface area contributed by atoms with Gasteiger partial charge in [-0.2, -0.15) is 0 Å². The Morgan fingerprint density at radius 2 is 2.14 bits per heavy atom. The summed E-state index contributed by atoms with van der Waals surface area (Å²) in [7, 11) is 1.34. The molecule has 1 aromatic carbocycles. The van der Waals surface area contributed by atoms with Crippen molar-refractivity contribution in [2.75, 3.05) is 14.1 Å². The summed E-state index contributed by atoms with van der Waals surface area (Å²) in [6.07, 6.45) is 2.04. The number of halogens is 3. The van der Waals surface area contributed by atoms with Crippen LogP contribution in [0.4, 0.5) is 0 Å². The van der Waals surface area contributed by atoms with E-state index in [-0.39, 0.29) is 36.4 Å². The molecular weight excluding hydrogens is 345 g/mol. The van der Waals surface area contributed by atoms with Gasteiger partial charge in [-0.15, -0.1) is 12.4 Å². The number of hydrogen-bond acceptors (Lipinski definition) is 3. The predicted molar refractivity (Wildman–Crippen MR) is 91.1 cm³/mol. The van der Waals surface area contributed by atoms with Crippen molar-refractivity contribution in [3.8, 4) is 0 Å². The molecule has 2 fully saturated rings. The summed E-state index contributed by atoms with van der Waals surface area (Å²) in [6, 6.07) is 4.94. The van der Waals surface area contributed by atoms with Crippen molar-refractivity contribution in [3.63, 3.8) is 0 Å². The largest absolute Gasteiger partial charge is 0.469 e. The van der Waals surface area contributed by atoms with Crippen molar-refractivity contribution >= 4 is 41.6 Å². The van der Waals surface area contributed by atoms with Crippen molar-refractivity contribution in [3.05, 3.63) is 33.8 Å². The molecule has 0 N–H and O–H groups in total. The molecule has 1 aromatic rings. The number of benzene rings is 1. The van der Waals surface area contributed by atoms with Crippen LogP contribution in [0.25, 0.3) is 0 Å². The SMILES string of the molecule is Cl.[2H]C([2H])([2H])N1[C@H]2CC[C@@H]1[C@@H](C(=O)OC)[C@@H](c1ccc(Cl)c(Cl)c1)C2. The number of fused-ring (bicyclic) bond motifs is 2. The maximum absolute atomic E-state index is 12.5. The van der Waals surface area contributed by atoms with Gasteiger partial charge in [0, 0.05) is 22.1 Å². The predicted octanol–water partition coefficient (Wildman–Crippen LogP) is 4.15. The molecule has 0 amide bonds. The van der Waals surface area contributed by atoms with E-state index in [2.05, 4.69) is 0 Å². The van der Waals surface area contributed by atoms with Crippen LogP contribution in [0.15, 0.2) is 18.2 Å². The number of carbonyl (C=O) groups is 1. The Kier molecular flexibility index (Phi) is 4.40. The van der Waals surface area contributed by atoms with Crippen LogP contribution in [0.1, 0.15) is 34.9 Å². The van der Waals surface area contributed by atoms with E-state index >= 15 is 0 Å². The lowest BCUT2D eigenvalue weighted by Gasteiger charge is -2.41. The van der Waals surface area contributed by atoms with Crippen molar-refractivity contribution < 1.29 is 13.6 Å². The topological polar surface area (TPSA) is 29.5 Å². The molecule has 0 aromatic heterocycles. The zero-order valence-electron chi connectivity index (χ0n) is 15.1. The van der Waals surface area contributed by atoms with E-state index in [9.17, 15) is 4.79 Å². The first-order valence-electron chi connectivity index (χ1n) is 8.55. The van der Waals surface area contributed by atoms with Crippen LogP contribution in [0.5, 0.6) is 0 Å².